The summed E-state index contributed by atoms with van der Waals surface area (Å²) in [5.74, 6) is -0.240. The summed E-state index contributed by atoms with van der Waals surface area (Å²) in [6.45, 7) is 5.47. The van der Waals surface area contributed by atoms with E-state index in [1.807, 2.05) is 13.8 Å². The highest BCUT2D eigenvalue weighted by molar-refractivity contribution is 5.99. The van der Waals surface area contributed by atoms with E-state index < -0.39 is 0 Å². The summed E-state index contributed by atoms with van der Waals surface area (Å²) in [4.78, 5) is 27.7. The van der Waals surface area contributed by atoms with Crippen LogP contribution in [0.2, 0.25) is 0 Å². The van der Waals surface area contributed by atoms with Crippen molar-refractivity contribution < 1.29 is 4.79 Å². The zero-order chi connectivity index (χ0) is 12.6. The van der Waals surface area contributed by atoms with Crippen LogP contribution in [0, 0.1) is 6.92 Å². The number of hydrogen-bond acceptors (Lipinski definition) is 3. The van der Waals surface area contributed by atoms with Gasteiger partial charge in [0.15, 0.2) is 5.65 Å². The maximum absolute atomic E-state index is 11.9. The monoisotopic (exact) mass is 234 g/mol. The molecular formula is C11H14N4O2. The lowest BCUT2D eigenvalue weighted by Crippen LogP contribution is -2.30. The number of hydrogen-bond donors (Lipinski definition) is 2. The van der Waals surface area contributed by atoms with Crippen molar-refractivity contribution in [3.8, 4) is 0 Å². The predicted molar refractivity (Wildman–Crippen MR) is 63.2 cm³/mol. The van der Waals surface area contributed by atoms with E-state index in [9.17, 15) is 9.59 Å². The Labute approximate surface area is 97.7 Å². The van der Waals surface area contributed by atoms with E-state index in [1.54, 1.807) is 6.92 Å². The van der Waals surface area contributed by atoms with Gasteiger partial charge in [-0.2, -0.15) is 0 Å². The van der Waals surface area contributed by atoms with Gasteiger partial charge in [-0.1, -0.05) is 0 Å². The van der Waals surface area contributed by atoms with Gasteiger partial charge in [0.05, 0.1) is 0 Å². The first-order chi connectivity index (χ1) is 7.99. The van der Waals surface area contributed by atoms with Crippen molar-refractivity contribution in [3.05, 3.63) is 33.9 Å². The van der Waals surface area contributed by atoms with E-state index in [-0.39, 0.29) is 17.5 Å². The molecule has 6 heteroatoms. The van der Waals surface area contributed by atoms with Gasteiger partial charge in [0.1, 0.15) is 5.56 Å². The van der Waals surface area contributed by atoms with E-state index >= 15 is 0 Å². The first kappa shape index (κ1) is 11.4. The fourth-order valence-electron chi connectivity index (χ4n) is 1.60. The Morgan fingerprint density at radius 3 is 2.88 bits per heavy atom. The Kier molecular flexibility index (Phi) is 2.71. The van der Waals surface area contributed by atoms with Crippen molar-refractivity contribution in [2.45, 2.75) is 26.8 Å². The van der Waals surface area contributed by atoms with E-state index in [1.165, 1.54) is 16.8 Å². The molecule has 0 aliphatic rings. The number of nitrogens with zero attached hydrogens (tertiary/aromatic N) is 2. The van der Waals surface area contributed by atoms with Gasteiger partial charge in [0.2, 0.25) is 0 Å². The fourth-order valence-corrected chi connectivity index (χ4v) is 1.60. The van der Waals surface area contributed by atoms with Crippen LogP contribution in [0.15, 0.2) is 17.1 Å². The number of H-pyrrole nitrogens is 1. The van der Waals surface area contributed by atoms with Gasteiger partial charge in [0, 0.05) is 24.0 Å². The zero-order valence-electron chi connectivity index (χ0n) is 9.94. The Bertz CT molecular complexity index is 624. The second-order valence-corrected chi connectivity index (χ2v) is 4.21. The Morgan fingerprint density at radius 1 is 1.53 bits per heavy atom. The Balaban J connectivity index is 2.56. The third-order valence-electron chi connectivity index (χ3n) is 2.29. The van der Waals surface area contributed by atoms with Gasteiger partial charge in [-0.25, -0.2) is 9.50 Å². The molecule has 0 spiro atoms. The van der Waals surface area contributed by atoms with Crippen LogP contribution >= 0.6 is 0 Å². The molecule has 0 aromatic carbocycles. The SMILES string of the molecule is Cc1cc(=O)n2[nH]cc(C(=O)NC(C)C)c2n1. The summed E-state index contributed by atoms with van der Waals surface area (Å²) in [5.41, 5.74) is 1.09. The summed E-state index contributed by atoms with van der Waals surface area (Å²) in [6.07, 6.45) is 1.49. The van der Waals surface area contributed by atoms with Gasteiger partial charge < -0.3 is 5.32 Å². The van der Waals surface area contributed by atoms with E-state index in [2.05, 4.69) is 15.4 Å². The second-order valence-electron chi connectivity index (χ2n) is 4.21. The summed E-state index contributed by atoms with van der Waals surface area (Å²) >= 11 is 0. The van der Waals surface area contributed by atoms with Gasteiger partial charge in [-0.05, 0) is 20.8 Å². The molecule has 2 N–H and O–H groups in total. The maximum Gasteiger partial charge on any atom is 0.272 e. The van der Waals surface area contributed by atoms with E-state index in [4.69, 9.17) is 0 Å². The summed E-state index contributed by atoms with van der Waals surface area (Å²) in [6, 6.07) is 1.45. The van der Waals surface area contributed by atoms with Crippen molar-refractivity contribution >= 4 is 11.6 Å². The molecule has 0 atom stereocenters. The molecule has 1 amide bonds. The van der Waals surface area contributed by atoms with Crippen molar-refractivity contribution in [3.63, 3.8) is 0 Å². The maximum atomic E-state index is 11.9. The lowest BCUT2D eigenvalue weighted by Gasteiger charge is -2.06. The van der Waals surface area contributed by atoms with Crippen LogP contribution in [-0.4, -0.2) is 26.5 Å². The van der Waals surface area contributed by atoms with Gasteiger partial charge in [-0.15, -0.1) is 0 Å². The molecule has 6 nitrogen and oxygen atoms in total. The molecule has 17 heavy (non-hydrogen) atoms. The molecule has 0 fully saturated rings. The van der Waals surface area contributed by atoms with Gasteiger partial charge in [0.25, 0.3) is 11.5 Å². The van der Waals surface area contributed by atoms with Crippen molar-refractivity contribution in [2.75, 3.05) is 0 Å². The predicted octanol–water partition coefficient (Wildman–Crippen LogP) is 0.469. The van der Waals surface area contributed by atoms with Crippen LogP contribution in [0.5, 0.6) is 0 Å². The molecule has 0 bridgehead atoms. The van der Waals surface area contributed by atoms with Crippen LogP contribution in [0.1, 0.15) is 29.9 Å². The molecule has 2 rings (SSSR count). The number of carbonyl (C=O) groups is 1. The number of nitrogens with one attached hydrogen (secondary N) is 2. The molecule has 0 saturated heterocycles. The summed E-state index contributed by atoms with van der Waals surface area (Å²) in [7, 11) is 0. The molecule has 0 unspecified atom stereocenters. The van der Waals surface area contributed by atoms with Crippen LogP contribution in [-0.2, 0) is 0 Å². The number of fused-ring (bicyclic) bond motifs is 1. The minimum Gasteiger partial charge on any atom is -0.350 e. The number of aryl methyl sites for hydroxylation is 1. The number of carbonyl (C=O) groups excluding carboxylic acids is 1. The van der Waals surface area contributed by atoms with Crippen molar-refractivity contribution in [2.24, 2.45) is 0 Å². The minimum atomic E-state index is -0.240. The second kappa shape index (κ2) is 4.04. The fraction of sp³-hybridized carbons (Fsp3) is 0.364. The van der Waals surface area contributed by atoms with Crippen molar-refractivity contribution in [1.82, 2.24) is 19.9 Å². The first-order valence-electron chi connectivity index (χ1n) is 5.37. The number of aromatic amines is 1. The van der Waals surface area contributed by atoms with Crippen LogP contribution in [0.3, 0.4) is 0 Å². The minimum absolute atomic E-state index is 0.0361. The summed E-state index contributed by atoms with van der Waals surface area (Å²) in [5, 5.41) is 5.48. The molecule has 0 aliphatic carbocycles. The van der Waals surface area contributed by atoms with Crippen LogP contribution in [0.25, 0.3) is 5.65 Å². The molecule has 2 aromatic heterocycles. The number of rotatable bonds is 2. The lowest BCUT2D eigenvalue weighted by atomic mass is 10.3. The largest absolute Gasteiger partial charge is 0.350 e. The summed E-state index contributed by atoms with van der Waals surface area (Å²) < 4.78 is 1.25. The highest BCUT2D eigenvalue weighted by Gasteiger charge is 2.15. The first-order valence-corrected chi connectivity index (χ1v) is 5.37. The molecule has 90 valence electrons. The van der Waals surface area contributed by atoms with Gasteiger partial charge >= 0.3 is 0 Å². The average molecular weight is 234 g/mol. The molecule has 0 aliphatic heterocycles. The van der Waals surface area contributed by atoms with E-state index in [0.717, 1.165) is 0 Å². The van der Waals surface area contributed by atoms with Gasteiger partial charge in [-0.3, -0.25) is 14.7 Å². The lowest BCUT2D eigenvalue weighted by molar-refractivity contribution is 0.0944. The van der Waals surface area contributed by atoms with E-state index in [0.29, 0.717) is 16.9 Å². The zero-order valence-corrected chi connectivity index (χ0v) is 9.94. The molecular weight excluding hydrogens is 220 g/mol. The normalized spacial score (nSPS) is 11.1. The smallest absolute Gasteiger partial charge is 0.272 e. The molecule has 0 saturated carbocycles. The highest BCUT2D eigenvalue weighted by Crippen LogP contribution is 2.06. The molecule has 0 radical (unpaired) electrons. The number of amides is 1. The average Bonchev–Trinajstić information content (AvgIpc) is 2.59. The molecule has 2 aromatic rings. The Morgan fingerprint density at radius 2 is 2.24 bits per heavy atom. The highest BCUT2D eigenvalue weighted by atomic mass is 16.2. The number of aromatic nitrogens is 3. The van der Waals surface area contributed by atoms with Crippen LogP contribution < -0.4 is 10.9 Å². The third kappa shape index (κ3) is 2.06. The Hall–Kier alpha value is -2.11. The topological polar surface area (TPSA) is 79.3 Å². The van der Waals surface area contributed by atoms with Crippen LogP contribution in [0.4, 0.5) is 0 Å². The standard InChI is InChI=1S/C11H14N4O2/c1-6(2)13-11(17)8-5-12-15-9(16)4-7(3)14-10(8)15/h4-6,12H,1-3H3,(H,13,17). The van der Waals surface area contributed by atoms with Crippen molar-refractivity contribution in [1.29, 1.82) is 0 Å². The quantitative estimate of drug-likeness (QED) is 0.792. The third-order valence-corrected chi connectivity index (χ3v) is 2.29. The molecule has 2 heterocycles.